The van der Waals surface area contributed by atoms with Crippen molar-refractivity contribution in [3.05, 3.63) is 154 Å². The van der Waals surface area contributed by atoms with Crippen molar-refractivity contribution in [2.45, 2.75) is 86.7 Å². The molecule has 0 bridgehead atoms. The van der Waals surface area contributed by atoms with Gasteiger partial charge in [-0.15, -0.1) is 0 Å². The zero-order valence-corrected chi connectivity index (χ0v) is 49.1. The van der Waals surface area contributed by atoms with Gasteiger partial charge in [-0.1, -0.05) is 93.6 Å². The van der Waals surface area contributed by atoms with Crippen LogP contribution in [0.4, 0.5) is 0 Å². The number of ether oxygens (including phenoxy) is 2. The molecule has 0 amide bonds. The predicted octanol–water partition coefficient (Wildman–Crippen LogP) is 4.91. The van der Waals surface area contributed by atoms with Crippen molar-refractivity contribution in [2.75, 3.05) is 19.7 Å². The number of hydrogen-bond donors (Lipinski definition) is 1. The monoisotopic (exact) mass is 1040 g/mol. The van der Waals surface area contributed by atoms with Gasteiger partial charge < -0.3 is 43.4 Å². The minimum Gasteiger partial charge on any atom is -0.545 e. The minimum atomic E-state index is -1.27. The van der Waals surface area contributed by atoms with Crippen LogP contribution in [0.2, 0.25) is 0 Å². The van der Waals surface area contributed by atoms with Crippen molar-refractivity contribution in [1.29, 1.82) is 0 Å². The maximum atomic E-state index is 12.3. The van der Waals surface area contributed by atoms with Crippen molar-refractivity contribution in [3.8, 4) is 34.4 Å². The number of fused-ring (bicyclic) bond motifs is 5. The standard InChI is InChI=1S/C30H25NO4.C26H26N2O4.C4H10.2Na.OS/c1-17-11-14-26(34-21-13-12-19-7-3-4-8-20(19)15-21)27-23(30(32)33)16-24(31-28(17)27)29-18(2)22-9-5-6-10-25(22)35-29;1-15-7-8-22(31-14-17-9-11-27-12-10-17)23-19(26(29)30)13-20(28-24(15)23)25-16(2)18-5-3-4-6-21(18)32-25;1-4(2)3;;;1-2/h3-11,14,16,21H,12-13,15H2,1-2H3,(H,32,33);3-8,13,17,27H,9-12,14H2,1-2H3,(H,29,30);4H,1-3H3;;;/q;;;2*+1;/p-2. The van der Waals surface area contributed by atoms with Gasteiger partial charge in [0.2, 0.25) is 0 Å². The van der Waals surface area contributed by atoms with Crippen LogP contribution in [0, 0.1) is 39.5 Å². The largest absolute Gasteiger partial charge is 1.00 e. The summed E-state index contributed by atoms with van der Waals surface area (Å²) in [4.78, 5) is 34.2. The number of aryl methyl sites for hydroxylation is 5. The Hall–Kier alpha value is -5.48. The quantitative estimate of drug-likeness (QED) is 0.193. The number of pyridine rings is 2. The van der Waals surface area contributed by atoms with E-state index in [0.717, 1.165) is 95.3 Å². The van der Waals surface area contributed by atoms with E-state index in [9.17, 15) is 19.8 Å². The molecule has 15 heteroatoms. The van der Waals surface area contributed by atoms with Crippen LogP contribution in [0.5, 0.6) is 11.5 Å². The van der Waals surface area contributed by atoms with E-state index in [1.807, 2.05) is 107 Å². The predicted molar refractivity (Wildman–Crippen MR) is 284 cm³/mol. The van der Waals surface area contributed by atoms with Crippen LogP contribution in [0.15, 0.2) is 118 Å². The van der Waals surface area contributed by atoms with Gasteiger partial charge in [0.05, 0.1) is 40.4 Å². The number of furan rings is 2. The van der Waals surface area contributed by atoms with E-state index in [4.69, 9.17) is 32.5 Å². The van der Waals surface area contributed by atoms with Gasteiger partial charge in [0.25, 0.3) is 0 Å². The molecule has 1 fully saturated rings. The van der Waals surface area contributed by atoms with Gasteiger partial charge in [0.1, 0.15) is 40.2 Å². The Kier molecular flexibility index (Phi) is 20.8. The first kappa shape index (κ1) is 58.8. The van der Waals surface area contributed by atoms with Crippen molar-refractivity contribution in [3.63, 3.8) is 0 Å². The molecule has 11 rings (SSSR count). The molecule has 1 N–H and O–H groups in total. The number of nitrogens with one attached hydrogen (secondary N) is 1. The number of aromatic carboxylic acids is 2. The first-order valence-corrected chi connectivity index (χ1v) is 25.1. The summed E-state index contributed by atoms with van der Waals surface area (Å²) in [5.74, 6) is 0.936. The number of carbonyl (C=O) groups excluding carboxylic acids is 2. The van der Waals surface area contributed by atoms with E-state index in [0.29, 0.717) is 68.7 Å². The van der Waals surface area contributed by atoms with Crippen LogP contribution in [0.1, 0.15) is 94.1 Å². The van der Waals surface area contributed by atoms with Gasteiger partial charge in [-0.25, -0.2) is 9.97 Å². The number of carboxylic acids is 2. The third kappa shape index (κ3) is 13.2. The first-order valence-electron chi connectivity index (χ1n) is 24.8. The number of hydrogen-bond acceptors (Lipinski definition) is 13. The average Bonchev–Trinajstić information content (AvgIpc) is 3.93. The molecule has 0 saturated carbocycles. The third-order valence-electron chi connectivity index (χ3n) is 13.4. The third-order valence-corrected chi connectivity index (χ3v) is 13.4. The van der Waals surface area contributed by atoms with Gasteiger partial charge in [-0.2, -0.15) is 4.21 Å². The topological polar surface area (TPSA) is 180 Å². The van der Waals surface area contributed by atoms with Crippen LogP contribution in [-0.4, -0.2) is 51.9 Å². The Bertz CT molecular complexity index is 3470. The van der Waals surface area contributed by atoms with Crippen molar-refractivity contribution >= 4 is 68.2 Å². The van der Waals surface area contributed by atoms with Crippen LogP contribution < -0.4 is 84.1 Å². The zero-order chi connectivity index (χ0) is 51.9. The van der Waals surface area contributed by atoms with E-state index in [2.05, 4.69) is 56.8 Å². The second kappa shape index (κ2) is 26.5. The van der Waals surface area contributed by atoms with Gasteiger partial charge in [0.15, 0.2) is 24.1 Å². The van der Waals surface area contributed by atoms with Gasteiger partial charge in [0, 0.05) is 39.4 Å². The second-order valence-electron chi connectivity index (χ2n) is 19.5. The number of rotatable bonds is 9. The van der Waals surface area contributed by atoms with E-state index in [-0.39, 0.29) is 76.3 Å². The Morgan fingerprint density at radius 2 is 1.11 bits per heavy atom. The van der Waals surface area contributed by atoms with Gasteiger partial charge >= 0.3 is 59.1 Å². The molecular weight excluding hydrogens is 985 g/mol. The molecule has 9 aromatic rings. The van der Waals surface area contributed by atoms with Crippen molar-refractivity contribution in [1.82, 2.24) is 15.3 Å². The molecular formula is C60H59N3Na2O9S. The average molecular weight is 1040 g/mol. The summed E-state index contributed by atoms with van der Waals surface area (Å²) in [7, 11) is 0. The van der Waals surface area contributed by atoms with E-state index < -0.39 is 11.9 Å². The Morgan fingerprint density at radius 3 is 1.60 bits per heavy atom. The molecule has 4 aromatic heterocycles. The van der Waals surface area contributed by atoms with Crippen molar-refractivity contribution < 1.29 is 101 Å². The fourth-order valence-corrected chi connectivity index (χ4v) is 9.70. The molecule has 1 unspecified atom stereocenters. The van der Waals surface area contributed by atoms with Gasteiger partial charge in [-0.3, -0.25) is 0 Å². The summed E-state index contributed by atoms with van der Waals surface area (Å²) in [5.41, 5.74) is 9.91. The zero-order valence-electron chi connectivity index (χ0n) is 44.3. The molecule has 2 aliphatic rings. The fourth-order valence-electron chi connectivity index (χ4n) is 9.70. The maximum absolute atomic E-state index is 12.3. The summed E-state index contributed by atoms with van der Waals surface area (Å²) in [6, 6.07) is 34.5. The number of nitrogens with zero attached hydrogens (tertiary/aromatic N) is 2. The summed E-state index contributed by atoms with van der Waals surface area (Å²) >= 11 is 2.83. The Balaban J connectivity index is 0.000000216. The number of benzene rings is 5. The van der Waals surface area contributed by atoms with Gasteiger partial charge in [-0.05, 0) is 137 Å². The molecule has 1 saturated heterocycles. The summed E-state index contributed by atoms with van der Waals surface area (Å²) in [6.07, 6.45) is 4.65. The molecule has 5 heterocycles. The molecule has 75 heavy (non-hydrogen) atoms. The van der Waals surface area contributed by atoms with Crippen LogP contribution in [0.25, 0.3) is 66.7 Å². The first-order chi connectivity index (χ1) is 35.2. The van der Waals surface area contributed by atoms with Crippen molar-refractivity contribution in [2.24, 2.45) is 11.8 Å². The number of para-hydroxylation sites is 2. The Labute approximate surface area is 487 Å². The number of piperidine rings is 1. The van der Waals surface area contributed by atoms with Crippen LogP contribution in [-0.2, 0) is 25.4 Å². The molecule has 1 atom stereocenters. The number of carboxylic acid groups (broad SMARTS) is 2. The van der Waals surface area contributed by atoms with E-state index >= 15 is 0 Å². The fraction of sp³-hybridized carbons (Fsp3) is 0.300. The normalized spacial score (nSPS) is 14.0. The summed E-state index contributed by atoms with van der Waals surface area (Å²) in [6.45, 7) is 16.8. The number of aromatic nitrogens is 2. The second-order valence-corrected chi connectivity index (χ2v) is 19.5. The molecule has 1 aliphatic heterocycles. The van der Waals surface area contributed by atoms with Crippen LogP contribution >= 0.6 is 0 Å². The smallest absolute Gasteiger partial charge is 0.545 e. The molecule has 5 aromatic carbocycles. The minimum absolute atomic E-state index is 0. The molecule has 376 valence electrons. The molecule has 12 nitrogen and oxygen atoms in total. The van der Waals surface area contributed by atoms with Crippen LogP contribution in [0.3, 0.4) is 0 Å². The SMILES string of the molecule is CC(C)C.Cc1c(-c2cc(C(=O)[O-])c3c(OC4CCc5ccccc5C4)ccc(C)c3n2)oc2ccccc12.Cc1c(-c2cc(C(=O)[O-])c3c(OCC4CCNCC4)ccc(C)c3n2)oc2ccccc12.O=S.[Na+].[Na+]. The summed E-state index contributed by atoms with van der Waals surface area (Å²) in [5, 5.41) is 30.8. The van der Waals surface area contributed by atoms with E-state index in [1.54, 1.807) is 12.1 Å². The Morgan fingerprint density at radius 1 is 0.653 bits per heavy atom. The molecule has 0 radical (unpaired) electrons. The summed E-state index contributed by atoms with van der Waals surface area (Å²) < 4.78 is 32.5. The maximum Gasteiger partial charge on any atom is 1.00 e. The molecule has 1 aliphatic carbocycles. The number of carbonyl (C=O) groups is 2. The molecule has 0 spiro atoms. The van der Waals surface area contributed by atoms with E-state index in [1.165, 1.54) is 11.1 Å².